The van der Waals surface area contributed by atoms with E-state index in [2.05, 4.69) is 41.7 Å². The molecule has 0 saturated carbocycles. The number of ketones is 1. The van der Waals surface area contributed by atoms with E-state index in [-0.39, 0.29) is 11.2 Å². The first-order chi connectivity index (χ1) is 9.36. The summed E-state index contributed by atoms with van der Waals surface area (Å²) in [6.07, 6.45) is 2.05. The Balaban J connectivity index is 2.11. The lowest BCUT2D eigenvalue weighted by molar-refractivity contribution is 0.0992. The van der Waals surface area contributed by atoms with Gasteiger partial charge in [0.2, 0.25) is 0 Å². The summed E-state index contributed by atoms with van der Waals surface area (Å²) in [6.45, 7) is 6.49. The number of benzene rings is 1. The second-order valence-corrected chi connectivity index (χ2v) is 6.81. The normalized spacial score (nSPS) is 11.4. The smallest absolute Gasteiger partial charge is 0.168 e. The minimum Gasteiger partial charge on any atom is -0.294 e. The van der Waals surface area contributed by atoms with Crippen molar-refractivity contribution in [1.29, 1.82) is 0 Å². The molecule has 0 aliphatic heterocycles. The maximum absolute atomic E-state index is 12.2. The number of carbonyl (C=O) groups excluding carboxylic acids is 1. The highest BCUT2D eigenvalue weighted by atomic mass is 79.9. The van der Waals surface area contributed by atoms with Crippen molar-refractivity contribution >= 4 is 21.7 Å². The summed E-state index contributed by atoms with van der Waals surface area (Å²) in [5.74, 6) is 0.0975. The topological polar surface area (TPSA) is 30.0 Å². The molecule has 1 heterocycles. The largest absolute Gasteiger partial charge is 0.294 e. The maximum atomic E-state index is 12.2. The highest BCUT2D eigenvalue weighted by Gasteiger charge is 2.14. The van der Waals surface area contributed by atoms with Gasteiger partial charge >= 0.3 is 0 Å². The van der Waals surface area contributed by atoms with Crippen molar-refractivity contribution in [2.75, 3.05) is 0 Å². The van der Waals surface area contributed by atoms with Crippen LogP contribution in [0.1, 0.15) is 42.4 Å². The van der Waals surface area contributed by atoms with Crippen LogP contribution in [0.5, 0.6) is 0 Å². The first-order valence-electron chi connectivity index (χ1n) is 6.60. The quantitative estimate of drug-likeness (QED) is 0.771. The van der Waals surface area contributed by atoms with Gasteiger partial charge in [0.05, 0.1) is 6.42 Å². The Morgan fingerprint density at radius 3 is 2.25 bits per heavy atom. The van der Waals surface area contributed by atoms with Crippen molar-refractivity contribution < 1.29 is 4.79 Å². The molecule has 0 saturated heterocycles. The average Bonchev–Trinajstić information content (AvgIpc) is 2.40. The van der Waals surface area contributed by atoms with Crippen LogP contribution in [0.25, 0.3) is 0 Å². The summed E-state index contributed by atoms with van der Waals surface area (Å²) in [5, 5.41) is 0. The predicted molar refractivity (Wildman–Crippen MR) is 85.1 cm³/mol. The third-order valence-corrected chi connectivity index (χ3v) is 3.67. The number of pyridine rings is 1. The number of aromatic nitrogens is 1. The highest BCUT2D eigenvalue weighted by molar-refractivity contribution is 9.10. The summed E-state index contributed by atoms with van der Waals surface area (Å²) in [6, 6.07) is 11.6. The van der Waals surface area contributed by atoms with E-state index in [1.807, 2.05) is 36.4 Å². The van der Waals surface area contributed by atoms with Crippen LogP contribution < -0.4 is 0 Å². The maximum Gasteiger partial charge on any atom is 0.168 e. The number of hydrogen-bond donors (Lipinski definition) is 0. The van der Waals surface area contributed by atoms with Crippen LogP contribution >= 0.6 is 15.9 Å². The fraction of sp³-hybridized carbons (Fsp3) is 0.294. The predicted octanol–water partition coefficient (Wildman–Crippen LogP) is 4.57. The standard InChI is InChI=1S/C17H18BrNO/c1-17(2,3)13-6-4-12(5-7-13)16(20)10-15-9-8-14(18)11-19-15/h4-9,11H,10H2,1-3H3. The highest BCUT2D eigenvalue weighted by Crippen LogP contribution is 2.22. The molecule has 2 rings (SSSR count). The van der Waals surface area contributed by atoms with E-state index in [4.69, 9.17) is 0 Å². The van der Waals surface area contributed by atoms with Gasteiger partial charge in [-0.25, -0.2) is 0 Å². The monoisotopic (exact) mass is 331 g/mol. The fourth-order valence-electron chi connectivity index (χ4n) is 1.93. The van der Waals surface area contributed by atoms with Crippen molar-refractivity contribution in [1.82, 2.24) is 4.98 Å². The van der Waals surface area contributed by atoms with Crippen molar-refractivity contribution in [2.24, 2.45) is 0 Å². The molecule has 0 atom stereocenters. The molecule has 1 aromatic heterocycles. The number of nitrogens with zero attached hydrogens (tertiary/aromatic N) is 1. The zero-order valence-electron chi connectivity index (χ0n) is 12.0. The lowest BCUT2D eigenvalue weighted by Crippen LogP contribution is -2.11. The van der Waals surface area contributed by atoms with Crippen LogP contribution in [0.4, 0.5) is 0 Å². The SMILES string of the molecule is CC(C)(C)c1ccc(C(=O)Cc2ccc(Br)cn2)cc1. The van der Waals surface area contributed by atoms with Gasteiger partial charge in [0, 0.05) is 21.9 Å². The summed E-state index contributed by atoms with van der Waals surface area (Å²) < 4.78 is 0.920. The fourth-order valence-corrected chi connectivity index (χ4v) is 2.17. The van der Waals surface area contributed by atoms with E-state index in [0.29, 0.717) is 6.42 Å². The average molecular weight is 332 g/mol. The Kier molecular flexibility index (Phi) is 4.39. The summed E-state index contributed by atoms with van der Waals surface area (Å²) in [5.41, 5.74) is 2.87. The van der Waals surface area contributed by atoms with E-state index in [1.165, 1.54) is 5.56 Å². The summed E-state index contributed by atoms with van der Waals surface area (Å²) in [7, 11) is 0. The van der Waals surface area contributed by atoms with Crippen LogP contribution in [-0.2, 0) is 11.8 Å². The minimum atomic E-state index is 0.0975. The molecule has 0 N–H and O–H groups in total. The van der Waals surface area contributed by atoms with Crippen molar-refractivity contribution in [2.45, 2.75) is 32.6 Å². The van der Waals surface area contributed by atoms with Crippen molar-refractivity contribution in [3.05, 3.63) is 63.9 Å². The number of hydrogen-bond acceptors (Lipinski definition) is 2. The molecular weight excluding hydrogens is 314 g/mol. The molecule has 20 heavy (non-hydrogen) atoms. The molecule has 2 aromatic rings. The lowest BCUT2D eigenvalue weighted by atomic mass is 9.86. The van der Waals surface area contributed by atoms with Gasteiger partial charge in [-0.3, -0.25) is 9.78 Å². The Morgan fingerprint density at radius 1 is 1.10 bits per heavy atom. The number of Topliss-reactive ketones (excluding diaryl/α,β-unsaturated/α-hetero) is 1. The molecule has 104 valence electrons. The number of halogens is 1. The lowest BCUT2D eigenvalue weighted by Gasteiger charge is -2.18. The molecule has 0 aliphatic carbocycles. The van der Waals surface area contributed by atoms with E-state index < -0.39 is 0 Å². The van der Waals surface area contributed by atoms with Gasteiger partial charge in [-0.2, -0.15) is 0 Å². The van der Waals surface area contributed by atoms with Crippen LogP contribution in [0.15, 0.2) is 47.1 Å². The zero-order valence-corrected chi connectivity index (χ0v) is 13.6. The van der Waals surface area contributed by atoms with Gasteiger partial charge in [0.25, 0.3) is 0 Å². The van der Waals surface area contributed by atoms with Crippen LogP contribution in [-0.4, -0.2) is 10.8 Å². The zero-order chi connectivity index (χ0) is 14.8. The third kappa shape index (κ3) is 3.76. The van der Waals surface area contributed by atoms with E-state index >= 15 is 0 Å². The van der Waals surface area contributed by atoms with Gasteiger partial charge in [0.1, 0.15) is 0 Å². The van der Waals surface area contributed by atoms with Crippen LogP contribution in [0.2, 0.25) is 0 Å². The van der Waals surface area contributed by atoms with Crippen LogP contribution in [0, 0.1) is 0 Å². The molecule has 1 aromatic carbocycles. The van der Waals surface area contributed by atoms with E-state index in [0.717, 1.165) is 15.7 Å². The molecule has 0 unspecified atom stereocenters. The number of carbonyl (C=O) groups is 1. The van der Waals surface area contributed by atoms with Crippen molar-refractivity contribution in [3.8, 4) is 0 Å². The minimum absolute atomic E-state index is 0.0975. The van der Waals surface area contributed by atoms with Gasteiger partial charge < -0.3 is 0 Å². The van der Waals surface area contributed by atoms with E-state index in [9.17, 15) is 4.79 Å². The Labute approximate surface area is 128 Å². The number of rotatable bonds is 3. The van der Waals surface area contributed by atoms with Gasteiger partial charge in [-0.1, -0.05) is 45.0 Å². The van der Waals surface area contributed by atoms with Gasteiger partial charge in [-0.05, 0) is 39.0 Å². The van der Waals surface area contributed by atoms with E-state index in [1.54, 1.807) is 6.20 Å². The molecule has 3 heteroatoms. The summed E-state index contributed by atoms with van der Waals surface area (Å²) >= 11 is 3.34. The molecule has 0 spiro atoms. The third-order valence-electron chi connectivity index (χ3n) is 3.20. The van der Waals surface area contributed by atoms with Crippen LogP contribution in [0.3, 0.4) is 0 Å². The molecule has 0 bridgehead atoms. The second-order valence-electron chi connectivity index (χ2n) is 5.90. The van der Waals surface area contributed by atoms with Crippen molar-refractivity contribution in [3.63, 3.8) is 0 Å². The van der Waals surface area contributed by atoms with Gasteiger partial charge in [0.15, 0.2) is 5.78 Å². The Hall–Kier alpha value is -1.48. The Bertz CT molecular complexity index is 594. The molecular formula is C17H18BrNO. The molecule has 0 radical (unpaired) electrons. The Morgan fingerprint density at radius 2 is 1.75 bits per heavy atom. The molecule has 0 amide bonds. The van der Waals surface area contributed by atoms with Gasteiger partial charge in [-0.15, -0.1) is 0 Å². The molecule has 0 fully saturated rings. The molecule has 0 aliphatic rings. The first-order valence-corrected chi connectivity index (χ1v) is 7.40. The second kappa shape index (κ2) is 5.88. The summed E-state index contributed by atoms with van der Waals surface area (Å²) in [4.78, 5) is 16.4. The molecule has 2 nitrogen and oxygen atoms in total. The first kappa shape index (κ1) is 14.9.